The zero-order valence-corrected chi connectivity index (χ0v) is 13.0. The third-order valence-electron chi connectivity index (χ3n) is 4.93. The SMILES string of the molecule is O=C1Nc2ccc(Cl)cc2C12NCCc1c2[nH]c2ccccc12. The molecule has 2 aromatic carbocycles. The van der Waals surface area contributed by atoms with Gasteiger partial charge in [0.2, 0.25) is 0 Å². The largest absolute Gasteiger partial charge is 0.356 e. The molecule has 3 N–H and O–H groups in total. The molecular formula is C18H14ClN3O. The number of rotatable bonds is 0. The number of hydrogen-bond donors (Lipinski definition) is 3. The highest BCUT2D eigenvalue weighted by atomic mass is 35.5. The number of aromatic amines is 1. The van der Waals surface area contributed by atoms with E-state index in [2.05, 4.69) is 21.7 Å². The summed E-state index contributed by atoms with van der Waals surface area (Å²) in [6.07, 6.45) is 0.893. The van der Waals surface area contributed by atoms with Crippen LogP contribution in [0, 0.1) is 0 Å². The lowest BCUT2D eigenvalue weighted by Crippen LogP contribution is -2.53. The molecule has 2 aliphatic rings. The molecule has 5 heteroatoms. The molecule has 0 saturated carbocycles. The monoisotopic (exact) mass is 323 g/mol. The normalized spacial score (nSPS) is 22.2. The molecule has 1 aromatic heterocycles. The molecule has 23 heavy (non-hydrogen) atoms. The van der Waals surface area contributed by atoms with Gasteiger partial charge in [-0.1, -0.05) is 29.8 Å². The van der Waals surface area contributed by atoms with E-state index in [9.17, 15) is 4.79 Å². The van der Waals surface area contributed by atoms with Gasteiger partial charge in [0, 0.05) is 33.7 Å². The van der Waals surface area contributed by atoms with Gasteiger partial charge in [-0.25, -0.2) is 0 Å². The van der Waals surface area contributed by atoms with Gasteiger partial charge in [0.1, 0.15) is 0 Å². The highest BCUT2D eigenvalue weighted by Gasteiger charge is 2.52. The smallest absolute Gasteiger partial charge is 0.255 e. The van der Waals surface area contributed by atoms with Gasteiger partial charge in [-0.05, 0) is 36.2 Å². The molecule has 2 aliphatic heterocycles. The summed E-state index contributed by atoms with van der Waals surface area (Å²) >= 11 is 6.20. The van der Waals surface area contributed by atoms with Crippen LogP contribution in [0.3, 0.4) is 0 Å². The van der Waals surface area contributed by atoms with E-state index >= 15 is 0 Å². The Kier molecular flexibility index (Phi) is 2.50. The molecule has 1 amide bonds. The summed E-state index contributed by atoms with van der Waals surface area (Å²) in [5.41, 5.74) is 4.03. The molecule has 1 unspecified atom stereocenters. The molecule has 0 saturated heterocycles. The first-order chi connectivity index (χ1) is 11.2. The number of fused-ring (bicyclic) bond motifs is 6. The number of benzene rings is 2. The van der Waals surface area contributed by atoms with Gasteiger partial charge >= 0.3 is 0 Å². The lowest BCUT2D eigenvalue weighted by molar-refractivity contribution is -0.120. The Hall–Kier alpha value is -2.30. The van der Waals surface area contributed by atoms with Crippen LogP contribution < -0.4 is 10.6 Å². The van der Waals surface area contributed by atoms with Crippen molar-refractivity contribution in [2.45, 2.75) is 12.0 Å². The number of H-pyrrole nitrogens is 1. The highest BCUT2D eigenvalue weighted by molar-refractivity contribution is 6.31. The van der Waals surface area contributed by atoms with Gasteiger partial charge in [-0.2, -0.15) is 0 Å². The fourth-order valence-corrected chi connectivity index (χ4v) is 4.11. The summed E-state index contributed by atoms with van der Waals surface area (Å²) < 4.78 is 0. The van der Waals surface area contributed by atoms with Gasteiger partial charge in [0.25, 0.3) is 5.91 Å². The van der Waals surface area contributed by atoms with Crippen LogP contribution in [-0.4, -0.2) is 17.4 Å². The summed E-state index contributed by atoms with van der Waals surface area (Å²) in [7, 11) is 0. The van der Waals surface area contributed by atoms with Crippen LogP contribution in [0.15, 0.2) is 42.5 Å². The fourth-order valence-electron chi connectivity index (χ4n) is 3.94. The maximum atomic E-state index is 12.9. The van der Waals surface area contributed by atoms with Crippen LogP contribution in [0.25, 0.3) is 10.9 Å². The molecule has 0 aliphatic carbocycles. The number of halogens is 1. The molecule has 4 nitrogen and oxygen atoms in total. The number of carbonyl (C=O) groups excluding carboxylic acids is 1. The Morgan fingerprint density at radius 2 is 2.00 bits per heavy atom. The lowest BCUT2D eigenvalue weighted by Gasteiger charge is -2.33. The van der Waals surface area contributed by atoms with E-state index in [1.165, 1.54) is 10.9 Å². The van der Waals surface area contributed by atoms with Crippen LogP contribution in [-0.2, 0) is 16.8 Å². The predicted octanol–water partition coefficient (Wildman–Crippen LogP) is 3.16. The summed E-state index contributed by atoms with van der Waals surface area (Å²) in [4.78, 5) is 16.4. The second-order valence-corrected chi connectivity index (χ2v) is 6.53. The quantitative estimate of drug-likeness (QED) is 0.595. The average Bonchev–Trinajstić information content (AvgIpc) is 3.06. The molecule has 0 bridgehead atoms. The highest BCUT2D eigenvalue weighted by Crippen LogP contribution is 2.45. The van der Waals surface area contributed by atoms with Crippen LogP contribution >= 0.6 is 11.6 Å². The Balaban J connectivity index is 1.87. The predicted molar refractivity (Wildman–Crippen MR) is 90.9 cm³/mol. The van der Waals surface area contributed by atoms with Gasteiger partial charge in [0.15, 0.2) is 5.54 Å². The summed E-state index contributed by atoms with van der Waals surface area (Å²) in [6, 6.07) is 13.7. The second-order valence-electron chi connectivity index (χ2n) is 6.09. The van der Waals surface area contributed by atoms with Crippen molar-refractivity contribution in [1.82, 2.24) is 10.3 Å². The van der Waals surface area contributed by atoms with Gasteiger partial charge in [0.05, 0.1) is 5.69 Å². The third-order valence-corrected chi connectivity index (χ3v) is 5.16. The van der Waals surface area contributed by atoms with E-state index in [0.717, 1.165) is 35.4 Å². The average molecular weight is 324 g/mol. The Morgan fingerprint density at radius 3 is 2.91 bits per heavy atom. The van der Waals surface area contributed by atoms with E-state index < -0.39 is 5.54 Å². The maximum absolute atomic E-state index is 12.9. The number of para-hydroxylation sites is 1. The third kappa shape index (κ3) is 1.57. The number of anilines is 1. The number of hydrogen-bond acceptors (Lipinski definition) is 2. The maximum Gasteiger partial charge on any atom is 0.255 e. The molecule has 5 rings (SSSR count). The minimum Gasteiger partial charge on any atom is -0.356 e. The fraction of sp³-hybridized carbons (Fsp3) is 0.167. The van der Waals surface area contributed by atoms with Crippen molar-refractivity contribution in [3.8, 4) is 0 Å². The van der Waals surface area contributed by atoms with Crippen molar-refractivity contribution in [1.29, 1.82) is 0 Å². The summed E-state index contributed by atoms with van der Waals surface area (Å²) in [5, 5.41) is 8.25. The van der Waals surface area contributed by atoms with E-state index in [0.29, 0.717) is 5.02 Å². The molecule has 1 atom stereocenters. The molecule has 3 heterocycles. The molecular weight excluding hydrogens is 310 g/mol. The van der Waals surface area contributed by atoms with Crippen LogP contribution in [0.4, 0.5) is 5.69 Å². The van der Waals surface area contributed by atoms with Crippen LogP contribution in [0.1, 0.15) is 16.8 Å². The first-order valence-electron chi connectivity index (χ1n) is 7.67. The molecule has 3 aromatic rings. The van der Waals surface area contributed by atoms with Crippen LogP contribution in [0.2, 0.25) is 5.02 Å². The summed E-state index contributed by atoms with van der Waals surface area (Å²) in [6.45, 7) is 0.744. The first-order valence-corrected chi connectivity index (χ1v) is 8.04. The number of amides is 1. The lowest BCUT2D eigenvalue weighted by atomic mass is 9.82. The van der Waals surface area contributed by atoms with Crippen molar-refractivity contribution in [2.75, 3.05) is 11.9 Å². The minimum absolute atomic E-state index is 0.0535. The Morgan fingerprint density at radius 1 is 1.13 bits per heavy atom. The van der Waals surface area contributed by atoms with Crippen molar-refractivity contribution in [3.63, 3.8) is 0 Å². The number of nitrogens with one attached hydrogen (secondary N) is 3. The Labute approximate surface area is 137 Å². The van der Waals surface area contributed by atoms with E-state index in [1.807, 2.05) is 30.3 Å². The van der Waals surface area contributed by atoms with Crippen molar-refractivity contribution < 1.29 is 4.79 Å². The van der Waals surface area contributed by atoms with Gasteiger partial charge in [-0.15, -0.1) is 0 Å². The number of aromatic nitrogens is 1. The Bertz CT molecular complexity index is 978. The number of carbonyl (C=O) groups is 1. The summed E-state index contributed by atoms with van der Waals surface area (Å²) in [5.74, 6) is -0.0535. The van der Waals surface area contributed by atoms with E-state index in [4.69, 9.17) is 11.6 Å². The van der Waals surface area contributed by atoms with E-state index in [-0.39, 0.29) is 5.91 Å². The molecule has 0 fully saturated rings. The minimum atomic E-state index is -0.882. The molecule has 0 radical (unpaired) electrons. The second kappa shape index (κ2) is 4.37. The van der Waals surface area contributed by atoms with Crippen molar-refractivity contribution in [2.24, 2.45) is 0 Å². The zero-order valence-electron chi connectivity index (χ0n) is 12.2. The molecule has 1 spiro atoms. The standard InChI is InChI=1S/C18H14ClN3O/c19-10-5-6-15-13(9-10)18(17(23)22-15)16-12(7-8-20-18)11-3-1-2-4-14(11)21-16/h1-6,9,20-21H,7-8H2,(H,22,23). The van der Waals surface area contributed by atoms with Gasteiger partial charge < -0.3 is 10.3 Å². The topological polar surface area (TPSA) is 56.9 Å². The van der Waals surface area contributed by atoms with E-state index in [1.54, 1.807) is 6.07 Å². The van der Waals surface area contributed by atoms with Crippen molar-refractivity contribution in [3.05, 3.63) is 64.3 Å². The van der Waals surface area contributed by atoms with Crippen molar-refractivity contribution >= 4 is 34.1 Å². The first kappa shape index (κ1) is 13.2. The molecule has 114 valence electrons. The zero-order chi connectivity index (χ0) is 15.6. The van der Waals surface area contributed by atoms with Crippen LogP contribution in [0.5, 0.6) is 0 Å². The van der Waals surface area contributed by atoms with Gasteiger partial charge in [-0.3, -0.25) is 10.1 Å².